The third-order valence-electron chi connectivity index (χ3n) is 11.5. The number of carboxylic acid groups (broad SMARTS) is 1. The van der Waals surface area contributed by atoms with Crippen molar-refractivity contribution in [2.24, 2.45) is 0 Å². The van der Waals surface area contributed by atoms with Crippen molar-refractivity contribution in [3.8, 4) is 0 Å². The van der Waals surface area contributed by atoms with Crippen molar-refractivity contribution < 1.29 is 38.2 Å². The van der Waals surface area contributed by atoms with E-state index < -0.39 is 18.1 Å². The Morgan fingerprint density at radius 3 is 1.36 bits per heavy atom. The predicted octanol–water partition coefficient (Wildman–Crippen LogP) is 13.3. The number of unbranched alkanes of at least 4 members (excludes halogenated alkanes) is 26. The molecule has 0 amide bonds. The zero-order valence-electron chi connectivity index (χ0n) is 40.6. The van der Waals surface area contributed by atoms with Gasteiger partial charge in [0.15, 0.2) is 6.10 Å². The second-order valence-corrected chi connectivity index (χ2v) is 18.4. The lowest BCUT2D eigenvalue weighted by Gasteiger charge is -2.34. The predicted molar refractivity (Wildman–Crippen MR) is 254 cm³/mol. The number of carbonyl (C=O) groups is 3. The first-order valence-electron chi connectivity index (χ1n) is 25.5. The van der Waals surface area contributed by atoms with Gasteiger partial charge in [-0.05, 0) is 64.2 Å². The molecule has 0 bridgehead atoms. The van der Waals surface area contributed by atoms with Gasteiger partial charge < -0.3 is 28.6 Å². The average molecular weight is 860 g/mol. The number of likely N-dealkylation sites (N-methyl/N-ethyl adjacent to an activating group) is 1. The molecule has 0 saturated carbocycles. The molecule has 0 rings (SSSR count). The molecule has 0 aromatic carbocycles. The Hall–Kier alpha value is -2.45. The number of carboxylic acids is 1. The molecule has 0 aromatic heterocycles. The summed E-state index contributed by atoms with van der Waals surface area (Å²) >= 11 is 0. The van der Waals surface area contributed by atoms with Gasteiger partial charge in [-0.2, -0.15) is 0 Å². The van der Waals surface area contributed by atoms with Gasteiger partial charge in [-0.15, -0.1) is 0 Å². The quantitative estimate of drug-likeness (QED) is 0.0260. The maximum Gasteiger partial charge on any atom is 0.306 e. The number of ether oxygens (including phenoxy) is 3. The van der Waals surface area contributed by atoms with E-state index in [1.807, 2.05) is 0 Å². The Labute approximate surface area is 376 Å². The molecule has 356 valence electrons. The van der Waals surface area contributed by atoms with Crippen LogP contribution >= 0.6 is 0 Å². The van der Waals surface area contributed by atoms with Crippen LogP contribution in [0.15, 0.2) is 36.5 Å². The first-order valence-corrected chi connectivity index (χ1v) is 25.5. The van der Waals surface area contributed by atoms with Crippen LogP contribution < -0.4 is 5.11 Å². The minimum atomic E-state index is -1.13. The molecule has 0 N–H and O–H groups in total. The van der Waals surface area contributed by atoms with Crippen LogP contribution in [0.4, 0.5) is 0 Å². The van der Waals surface area contributed by atoms with Crippen molar-refractivity contribution in [2.75, 3.05) is 41.0 Å². The van der Waals surface area contributed by atoms with Crippen LogP contribution in [0, 0.1) is 0 Å². The van der Waals surface area contributed by atoms with Crippen LogP contribution in [0.3, 0.4) is 0 Å². The largest absolute Gasteiger partial charge is 0.544 e. The number of hydrogen-bond acceptors (Lipinski definition) is 7. The van der Waals surface area contributed by atoms with E-state index in [2.05, 4.69) is 50.3 Å². The van der Waals surface area contributed by atoms with Crippen molar-refractivity contribution in [2.45, 2.75) is 244 Å². The van der Waals surface area contributed by atoms with Gasteiger partial charge in [0.2, 0.25) is 0 Å². The highest BCUT2D eigenvalue weighted by Crippen LogP contribution is 2.15. The summed E-state index contributed by atoms with van der Waals surface area (Å²) in [7, 11) is 5.41. The maximum atomic E-state index is 12.7. The summed E-state index contributed by atoms with van der Waals surface area (Å²) < 4.78 is 17.2. The van der Waals surface area contributed by atoms with E-state index in [0.717, 1.165) is 57.8 Å². The third kappa shape index (κ3) is 42.6. The highest BCUT2D eigenvalue weighted by atomic mass is 16.6. The lowest BCUT2D eigenvalue weighted by atomic mass is 10.0. The summed E-state index contributed by atoms with van der Waals surface area (Å²) in [5.41, 5.74) is 0. The lowest BCUT2D eigenvalue weighted by molar-refractivity contribution is -0.889. The van der Waals surface area contributed by atoms with Crippen LogP contribution in [-0.4, -0.2) is 75.5 Å². The molecular formula is C53H97NO7. The smallest absolute Gasteiger partial charge is 0.306 e. The van der Waals surface area contributed by atoms with E-state index in [0.29, 0.717) is 12.8 Å². The minimum absolute atomic E-state index is 0.0375. The summed E-state index contributed by atoms with van der Waals surface area (Å²) in [5.74, 6) is -1.74. The van der Waals surface area contributed by atoms with Crippen molar-refractivity contribution >= 4 is 17.9 Å². The third-order valence-corrected chi connectivity index (χ3v) is 11.5. The molecule has 2 unspecified atom stereocenters. The number of carbonyl (C=O) groups excluding carboxylic acids is 3. The molecule has 2 atom stereocenters. The molecule has 0 radical (unpaired) electrons. The Morgan fingerprint density at radius 1 is 0.508 bits per heavy atom. The minimum Gasteiger partial charge on any atom is -0.544 e. The van der Waals surface area contributed by atoms with Crippen LogP contribution in [-0.2, 0) is 28.6 Å². The van der Waals surface area contributed by atoms with E-state index in [1.165, 1.54) is 141 Å². The summed E-state index contributed by atoms with van der Waals surface area (Å²) in [6, 6.07) is -0.727. The van der Waals surface area contributed by atoms with Gasteiger partial charge >= 0.3 is 11.9 Å². The molecular weight excluding hydrogens is 763 g/mol. The average Bonchev–Trinajstić information content (AvgIpc) is 3.22. The normalized spacial score (nSPS) is 13.1. The highest BCUT2D eigenvalue weighted by Gasteiger charge is 2.25. The Bertz CT molecular complexity index is 1090. The molecule has 0 heterocycles. The molecule has 0 fully saturated rings. The van der Waals surface area contributed by atoms with Gasteiger partial charge in [-0.25, -0.2) is 0 Å². The molecule has 0 aliphatic carbocycles. The maximum absolute atomic E-state index is 12.7. The fourth-order valence-corrected chi connectivity index (χ4v) is 7.58. The standard InChI is InChI=1S/C53H97NO7/c1-6-8-10-12-14-16-18-20-22-23-24-25-26-27-28-29-30-32-33-35-37-39-41-43-51(55)60-48-49(47-59-46-45-50(53(57)58)54(3,4)5)61-52(56)44-42-40-38-36-34-31-21-19-17-15-13-11-9-7-2/h9,11,15,17,27-28,49-50H,6-8,10,12-14,16,18-26,29-48H2,1-5H3/b11-9+,17-15+,28-27+. The first-order chi connectivity index (χ1) is 29.6. The summed E-state index contributed by atoms with van der Waals surface area (Å²) in [6.07, 6.45) is 51.8. The Kier molecular flexibility index (Phi) is 42.4. The summed E-state index contributed by atoms with van der Waals surface area (Å²) in [5, 5.41) is 11.6. The number of esters is 2. The van der Waals surface area contributed by atoms with Crippen molar-refractivity contribution in [1.29, 1.82) is 0 Å². The number of hydrogen-bond donors (Lipinski definition) is 0. The number of quaternary nitrogens is 1. The van der Waals surface area contributed by atoms with Gasteiger partial charge in [-0.1, -0.05) is 185 Å². The fourth-order valence-electron chi connectivity index (χ4n) is 7.58. The van der Waals surface area contributed by atoms with Crippen LogP contribution in [0.25, 0.3) is 0 Å². The monoisotopic (exact) mass is 860 g/mol. The Morgan fingerprint density at radius 2 is 0.918 bits per heavy atom. The molecule has 0 aliphatic heterocycles. The number of rotatable bonds is 46. The fraction of sp³-hybridized carbons (Fsp3) is 0.830. The molecule has 0 aliphatic rings. The van der Waals surface area contributed by atoms with Gasteiger partial charge in [0.25, 0.3) is 0 Å². The zero-order chi connectivity index (χ0) is 44.9. The summed E-state index contributed by atoms with van der Waals surface area (Å²) in [6.45, 7) is 4.57. The lowest BCUT2D eigenvalue weighted by Crippen LogP contribution is -2.55. The number of allylic oxidation sites excluding steroid dienone is 6. The van der Waals surface area contributed by atoms with Gasteiger partial charge in [-0.3, -0.25) is 9.59 Å². The number of aliphatic carboxylic acids is 1. The molecule has 8 heteroatoms. The van der Waals surface area contributed by atoms with E-state index in [-0.39, 0.29) is 42.7 Å². The molecule has 8 nitrogen and oxygen atoms in total. The van der Waals surface area contributed by atoms with E-state index in [9.17, 15) is 19.5 Å². The van der Waals surface area contributed by atoms with Crippen molar-refractivity contribution in [1.82, 2.24) is 0 Å². The van der Waals surface area contributed by atoms with Crippen molar-refractivity contribution in [3.05, 3.63) is 36.5 Å². The number of nitrogens with zero attached hydrogens (tertiary/aromatic N) is 1. The Balaban J connectivity index is 4.19. The molecule has 0 saturated heterocycles. The molecule has 0 spiro atoms. The van der Waals surface area contributed by atoms with Gasteiger partial charge in [0, 0.05) is 19.3 Å². The van der Waals surface area contributed by atoms with Gasteiger partial charge in [0.1, 0.15) is 12.6 Å². The summed E-state index contributed by atoms with van der Waals surface area (Å²) in [4.78, 5) is 37.0. The van der Waals surface area contributed by atoms with Crippen LogP contribution in [0.2, 0.25) is 0 Å². The van der Waals surface area contributed by atoms with E-state index >= 15 is 0 Å². The van der Waals surface area contributed by atoms with E-state index in [1.54, 1.807) is 21.1 Å². The SMILES string of the molecule is CC/C=C/C/C=C/CCCCCCCCCC(=O)OC(COCCC(C(=O)[O-])[N+](C)(C)C)COC(=O)CCCCCCCCC/C=C/CCCCCCCCCCCCCC. The van der Waals surface area contributed by atoms with Crippen molar-refractivity contribution in [3.63, 3.8) is 0 Å². The molecule has 61 heavy (non-hydrogen) atoms. The van der Waals surface area contributed by atoms with E-state index in [4.69, 9.17) is 14.2 Å². The van der Waals surface area contributed by atoms with Crippen LogP contribution in [0.1, 0.15) is 232 Å². The second kappa shape index (κ2) is 44.2. The second-order valence-electron chi connectivity index (χ2n) is 18.4. The topological polar surface area (TPSA) is 102 Å². The highest BCUT2D eigenvalue weighted by molar-refractivity contribution is 5.70. The zero-order valence-corrected chi connectivity index (χ0v) is 40.6. The first kappa shape index (κ1) is 58.6. The molecule has 0 aromatic rings. The van der Waals surface area contributed by atoms with Gasteiger partial charge in [0.05, 0.1) is 40.3 Å². The van der Waals surface area contributed by atoms with Crippen LogP contribution in [0.5, 0.6) is 0 Å².